The van der Waals surface area contributed by atoms with E-state index in [4.69, 9.17) is 28.3 Å². The van der Waals surface area contributed by atoms with Crippen molar-refractivity contribution in [1.82, 2.24) is 0 Å². The number of ether oxygens (including phenoxy) is 2. The van der Waals surface area contributed by atoms with Crippen molar-refractivity contribution in [2.45, 2.75) is 146 Å². The van der Waals surface area contributed by atoms with E-state index in [1.165, 1.54) is 44.9 Å². The van der Waals surface area contributed by atoms with Crippen LogP contribution in [0.4, 0.5) is 0 Å². The van der Waals surface area contributed by atoms with Gasteiger partial charge >= 0.3 is 27.6 Å². The van der Waals surface area contributed by atoms with Crippen molar-refractivity contribution in [3.8, 4) is 71.0 Å². The molecule has 0 bridgehead atoms. The summed E-state index contributed by atoms with van der Waals surface area (Å²) in [6.45, 7) is 2.18. The largest absolute Gasteiger partial charge is 0.472 e. The molecule has 0 aromatic rings. The molecule has 18 heteroatoms. The van der Waals surface area contributed by atoms with Gasteiger partial charge in [0.1, 0.15) is 43.2 Å². The minimum Gasteiger partial charge on any atom is -0.456 e. The lowest BCUT2D eigenvalue weighted by Gasteiger charge is -2.43. The second-order valence-electron chi connectivity index (χ2n) is 12.7. The van der Waals surface area contributed by atoms with E-state index in [0.29, 0.717) is 6.42 Å². The molecular weight excluding hydrogens is 786 g/mol. The van der Waals surface area contributed by atoms with Gasteiger partial charge in [0.05, 0.1) is 6.61 Å². The fourth-order valence-electron chi connectivity index (χ4n) is 5.20. The summed E-state index contributed by atoms with van der Waals surface area (Å²) in [6.07, 6.45) is -0.999. The lowest BCUT2D eigenvalue weighted by Crippen LogP contribution is -2.64. The Bertz CT molecular complexity index is 1720. The van der Waals surface area contributed by atoms with Crippen LogP contribution in [-0.4, -0.2) is 103 Å². The highest BCUT2D eigenvalue weighted by Gasteiger charge is 2.54. The third kappa shape index (κ3) is 24.7. The Labute approximate surface area is 334 Å². The Hall–Kier alpha value is -3.64. The summed E-state index contributed by atoms with van der Waals surface area (Å²) in [5.74, 6) is 26.7. The SMILES string of the molecule is CC#CC#CC#CC#CC#CC#CC(=O)OC[C@H](COP(=O)(O)OC1C(O)[C@@H](O)C(OP(=O)(O)O)[C@@H](O)[C@H]1O)OC(=O)CCCCCCCCCCCCCCC. The van der Waals surface area contributed by atoms with Crippen molar-refractivity contribution in [2.24, 2.45) is 0 Å². The fraction of sp³-hybridized carbons (Fsp3) is 0.641. The molecule has 4 unspecified atom stereocenters. The van der Waals surface area contributed by atoms with Crippen LogP contribution in [0.2, 0.25) is 0 Å². The van der Waals surface area contributed by atoms with Crippen molar-refractivity contribution in [3.05, 3.63) is 0 Å². The molecule has 0 aromatic heterocycles. The molecule has 8 atom stereocenters. The number of phosphoric acid groups is 2. The van der Waals surface area contributed by atoms with Crippen molar-refractivity contribution in [2.75, 3.05) is 13.2 Å². The summed E-state index contributed by atoms with van der Waals surface area (Å²) in [5.41, 5.74) is 0. The van der Waals surface area contributed by atoms with Gasteiger partial charge < -0.3 is 44.6 Å². The van der Waals surface area contributed by atoms with Gasteiger partial charge in [-0.05, 0) is 72.5 Å². The first kappa shape index (κ1) is 51.4. The highest BCUT2D eigenvalue weighted by Crippen LogP contribution is 2.48. The molecule has 1 rings (SSSR count). The zero-order valence-corrected chi connectivity index (χ0v) is 33.8. The minimum atomic E-state index is -5.34. The van der Waals surface area contributed by atoms with Gasteiger partial charge in [0, 0.05) is 12.3 Å². The van der Waals surface area contributed by atoms with Crippen LogP contribution >= 0.6 is 15.6 Å². The van der Waals surface area contributed by atoms with Gasteiger partial charge in [0.25, 0.3) is 0 Å². The zero-order chi connectivity index (χ0) is 42.5. The number of hydrogen-bond acceptors (Lipinski definition) is 13. The number of carbonyl (C=O) groups is 2. The van der Waals surface area contributed by atoms with Crippen LogP contribution in [0, 0.1) is 71.0 Å². The van der Waals surface area contributed by atoms with Crippen LogP contribution in [0.15, 0.2) is 0 Å². The molecule has 0 spiro atoms. The smallest absolute Gasteiger partial charge is 0.456 e. The number of aliphatic hydroxyl groups excluding tert-OH is 4. The molecule has 7 N–H and O–H groups in total. The molecule has 0 aliphatic heterocycles. The van der Waals surface area contributed by atoms with E-state index < -0.39 is 83.5 Å². The summed E-state index contributed by atoms with van der Waals surface area (Å²) < 4.78 is 48.2. The summed E-state index contributed by atoms with van der Waals surface area (Å²) in [7, 11) is -10.7. The number of unbranched alkanes of at least 4 members (excludes halogenated alkanes) is 12. The Kier molecular flexibility index (Phi) is 26.6. The first-order valence-electron chi connectivity index (χ1n) is 18.5. The van der Waals surface area contributed by atoms with Gasteiger partial charge in [-0.2, -0.15) is 0 Å². The zero-order valence-electron chi connectivity index (χ0n) is 32.1. The van der Waals surface area contributed by atoms with Crippen LogP contribution in [-0.2, 0) is 41.8 Å². The average Bonchev–Trinajstić information content (AvgIpc) is 3.16. The average molecular weight is 839 g/mol. The molecule has 1 fully saturated rings. The van der Waals surface area contributed by atoms with Crippen molar-refractivity contribution >= 4 is 27.6 Å². The number of aliphatic hydroxyl groups is 4. The maximum Gasteiger partial charge on any atom is 0.472 e. The molecule has 0 saturated heterocycles. The number of carbonyl (C=O) groups excluding carboxylic acids is 2. The second-order valence-corrected chi connectivity index (χ2v) is 15.3. The molecule has 314 valence electrons. The van der Waals surface area contributed by atoms with Gasteiger partial charge in [-0.1, -0.05) is 89.9 Å². The Balaban J connectivity index is 2.80. The Morgan fingerprint density at radius 1 is 0.596 bits per heavy atom. The first-order chi connectivity index (χ1) is 27.1. The monoisotopic (exact) mass is 838 g/mol. The van der Waals surface area contributed by atoms with E-state index in [1.807, 2.05) is 0 Å². The Morgan fingerprint density at radius 3 is 1.47 bits per heavy atom. The Morgan fingerprint density at radius 2 is 1.02 bits per heavy atom. The number of esters is 2. The predicted molar refractivity (Wildman–Crippen MR) is 205 cm³/mol. The van der Waals surface area contributed by atoms with E-state index in [0.717, 1.165) is 32.1 Å². The lowest BCUT2D eigenvalue weighted by molar-refractivity contribution is -0.216. The van der Waals surface area contributed by atoms with Crippen LogP contribution in [0.3, 0.4) is 0 Å². The molecule has 0 amide bonds. The predicted octanol–water partition coefficient (Wildman–Crippen LogP) is 2.40. The van der Waals surface area contributed by atoms with E-state index in [-0.39, 0.29) is 6.42 Å². The summed E-state index contributed by atoms with van der Waals surface area (Å²) in [6, 6.07) is 0. The summed E-state index contributed by atoms with van der Waals surface area (Å²) in [4.78, 5) is 53.2. The van der Waals surface area contributed by atoms with Crippen LogP contribution in [0.25, 0.3) is 0 Å². The molecule has 16 nitrogen and oxygen atoms in total. The normalized spacial score (nSPS) is 21.2. The highest BCUT2D eigenvalue weighted by atomic mass is 31.2. The molecule has 57 heavy (non-hydrogen) atoms. The molecular formula is C39H52O16P2. The van der Waals surface area contributed by atoms with Crippen LogP contribution in [0.5, 0.6) is 0 Å². The number of phosphoric ester groups is 2. The first-order valence-corrected chi connectivity index (χ1v) is 21.5. The lowest BCUT2D eigenvalue weighted by atomic mass is 9.85. The third-order valence-electron chi connectivity index (χ3n) is 8.02. The third-order valence-corrected chi connectivity index (χ3v) is 9.52. The van der Waals surface area contributed by atoms with Gasteiger partial charge in [-0.25, -0.2) is 13.9 Å². The van der Waals surface area contributed by atoms with Gasteiger partial charge in [-0.3, -0.25) is 18.4 Å². The van der Waals surface area contributed by atoms with Gasteiger partial charge in [-0.15, -0.1) is 0 Å². The molecule has 0 heterocycles. The standard InChI is InChI=1S/C39H52O16P2/c1-3-5-7-9-11-13-15-16-18-20-22-24-26-28-33(41)53-31(29-51-32(40)27-25-23-21-19-17-14-12-10-8-6-4-2)30-52-57(49,50)55-39-36(44)34(42)38(35(43)37(39)45)54-56(46,47)48/h31,34-39,42-45H,3,5,7,9,11,13,15-16,18,20,22,24,26,28-30H2,1-2H3,(H,49,50)(H2,46,47,48)/t31-,34-,35+,36?,37-,38?,39?/m1/s1. The van der Waals surface area contributed by atoms with E-state index >= 15 is 0 Å². The maximum absolute atomic E-state index is 12.8. The molecule has 0 aromatic carbocycles. The van der Waals surface area contributed by atoms with Crippen molar-refractivity contribution in [1.29, 1.82) is 0 Å². The molecule has 1 aliphatic carbocycles. The molecule has 1 aliphatic rings. The second kappa shape index (κ2) is 29.6. The van der Waals surface area contributed by atoms with Crippen LogP contribution in [0.1, 0.15) is 104 Å². The topological polar surface area (TPSA) is 256 Å². The fourth-order valence-corrected chi connectivity index (χ4v) is 6.74. The molecule has 0 radical (unpaired) electrons. The minimum absolute atomic E-state index is 0.0240. The number of rotatable bonds is 24. The van der Waals surface area contributed by atoms with Crippen molar-refractivity contribution in [3.63, 3.8) is 0 Å². The summed E-state index contributed by atoms with van der Waals surface area (Å²) in [5, 5.41) is 41.2. The van der Waals surface area contributed by atoms with Crippen molar-refractivity contribution < 1.29 is 76.9 Å². The van der Waals surface area contributed by atoms with E-state index in [2.05, 4.69) is 82.5 Å². The summed E-state index contributed by atoms with van der Waals surface area (Å²) >= 11 is 0. The molecule has 1 saturated carbocycles. The van der Waals surface area contributed by atoms with E-state index in [1.54, 1.807) is 6.92 Å². The quantitative estimate of drug-likeness (QED) is 0.0242. The maximum atomic E-state index is 12.8. The van der Waals surface area contributed by atoms with Gasteiger partial charge in [0.15, 0.2) is 6.10 Å². The van der Waals surface area contributed by atoms with E-state index in [9.17, 15) is 44.0 Å². The highest BCUT2D eigenvalue weighted by molar-refractivity contribution is 7.47. The number of hydrogen-bond donors (Lipinski definition) is 7. The van der Waals surface area contributed by atoms with Crippen LogP contribution < -0.4 is 0 Å². The van der Waals surface area contributed by atoms with Gasteiger partial charge in [0.2, 0.25) is 0 Å².